The van der Waals surface area contributed by atoms with Crippen LogP contribution in [0.25, 0.3) is 0 Å². The molecule has 1 heterocycles. The predicted molar refractivity (Wildman–Crippen MR) is 67.9 cm³/mol. The molecule has 0 aliphatic carbocycles. The van der Waals surface area contributed by atoms with E-state index in [2.05, 4.69) is 4.98 Å². The monoisotopic (exact) mass is 245 g/mol. The topological polar surface area (TPSA) is 51.6 Å². The number of rotatable bonds is 4. The number of hydrogen-bond acceptors (Lipinski definition) is 4. The molecule has 2 rings (SSSR count). The van der Waals surface area contributed by atoms with Crippen LogP contribution in [0.15, 0.2) is 42.6 Å². The fourth-order valence-corrected chi connectivity index (χ4v) is 1.48. The first kappa shape index (κ1) is 12.4. The number of aliphatic hydroxyl groups excluding tert-OH is 1. The van der Waals surface area contributed by atoms with Gasteiger partial charge < -0.3 is 14.6 Å². The first-order chi connectivity index (χ1) is 8.69. The van der Waals surface area contributed by atoms with Crippen molar-refractivity contribution < 1.29 is 14.6 Å². The molecular formula is C14H15NO3. The molecule has 94 valence electrons. The zero-order chi connectivity index (χ0) is 13.0. The Balaban J connectivity index is 2.08. The van der Waals surface area contributed by atoms with Gasteiger partial charge in [-0.2, -0.15) is 0 Å². The highest BCUT2D eigenvalue weighted by atomic mass is 16.5. The van der Waals surface area contributed by atoms with E-state index in [0.29, 0.717) is 17.2 Å². The zero-order valence-corrected chi connectivity index (χ0v) is 10.3. The Labute approximate surface area is 106 Å². The first-order valence-corrected chi connectivity index (χ1v) is 5.65. The van der Waals surface area contributed by atoms with Gasteiger partial charge in [0, 0.05) is 0 Å². The number of pyridine rings is 1. The summed E-state index contributed by atoms with van der Waals surface area (Å²) in [5, 5.41) is 9.34. The lowest BCUT2D eigenvalue weighted by molar-refractivity contribution is 0.194. The molecule has 1 N–H and O–H groups in total. The number of benzene rings is 1. The summed E-state index contributed by atoms with van der Waals surface area (Å²) in [6.07, 6.45) is 1.02. The molecule has 0 fully saturated rings. The van der Waals surface area contributed by atoms with Crippen molar-refractivity contribution in [3.63, 3.8) is 0 Å². The lowest BCUT2D eigenvalue weighted by Crippen LogP contribution is -1.95. The number of aliphatic hydroxyl groups is 1. The number of aromatic nitrogens is 1. The standard InChI is InChI=1S/C14H15NO3/c1-10(16)14-8-7-13(9-15-14)18-12-5-3-11(17-2)4-6-12/h3-10,16H,1-2H3/t10-/m1/s1. The van der Waals surface area contributed by atoms with Crippen LogP contribution in [0.3, 0.4) is 0 Å². The summed E-state index contributed by atoms with van der Waals surface area (Å²) in [6.45, 7) is 1.67. The Morgan fingerprint density at radius 2 is 1.61 bits per heavy atom. The minimum Gasteiger partial charge on any atom is -0.497 e. The third kappa shape index (κ3) is 2.99. The largest absolute Gasteiger partial charge is 0.497 e. The van der Waals surface area contributed by atoms with Crippen molar-refractivity contribution in [2.24, 2.45) is 0 Å². The summed E-state index contributed by atoms with van der Waals surface area (Å²) < 4.78 is 10.7. The van der Waals surface area contributed by atoms with E-state index in [1.54, 1.807) is 32.4 Å². The van der Waals surface area contributed by atoms with Gasteiger partial charge in [0.15, 0.2) is 0 Å². The van der Waals surface area contributed by atoms with Gasteiger partial charge in [0.05, 0.1) is 25.1 Å². The maximum Gasteiger partial charge on any atom is 0.145 e. The van der Waals surface area contributed by atoms with E-state index in [9.17, 15) is 5.11 Å². The molecule has 0 radical (unpaired) electrons. The molecule has 18 heavy (non-hydrogen) atoms. The molecule has 0 unspecified atom stereocenters. The second-order valence-electron chi connectivity index (χ2n) is 3.87. The van der Waals surface area contributed by atoms with E-state index in [0.717, 1.165) is 5.75 Å². The van der Waals surface area contributed by atoms with Crippen molar-refractivity contribution in [2.45, 2.75) is 13.0 Å². The molecular weight excluding hydrogens is 230 g/mol. The van der Waals surface area contributed by atoms with Gasteiger partial charge in [-0.3, -0.25) is 4.98 Å². The van der Waals surface area contributed by atoms with Crippen LogP contribution in [0.5, 0.6) is 17.2 Å². The Morgan fingerprint density at radius 1 is 1.00 bits per heavy atom. The zero-order valence-electron chi connectivity index (χ0n) is 10.3. The van der Waals surface area contributed by atoms with Crippen molar-refractivity contribution in [3.8, 4) is 17.2 Å². The average Bonchev–Trinajstić information content (AvgIpc) is 2.40. The lowest BCUT2D eigenvalue weighted by atomic mass is 10.2. The van der Waals surface area contributed by atoms with Crippen LogP contribution in [-0.4, -0.2) is 17.2 Å². The Kier molecular flexibility index (Phi) is 3.79. The van der Waals surface area contributed by atoms with Crippen LogP contribution in [0.4, 0.5) is 0 Å². The second kappa shape index (κ2) is 5.51. The highest BCUT2D eigenvalue weighted by Crippen LogP contribution is 2.23. The van der Waals surface area contributed by atoms with Crippen LogP contribution in [0.2, 0.25) is 0 Å². The molecule has 0 aliphatic rings. The summed E-state index contributed by atoms with van der Waals surface area (Å²) >= 11 is 0. The van der Waals surface area contributed by atoms with Gasteiger partial charge in [-0.05, 0) is 43.3 Å². The van der Waals surface area contributed by atoms with Crippen LogP contribution >= 0.6 is 0 Å². The molecule has 0 aliphatic heterocycles. The van der Waals surface area contributed by atoms with Gasteiger partial charge in [0.25, 0.3) is 0 Å². The minimum atomic E-state index is -0.569. The summed E-state index contributed by atoms with van der Waals surface area (Å²) in [5.74, 6) is 2.12. The Morgan fingerprint density at radius 3 is 2.11 bits per heavy atom. The SMILES string of the molecule is COc1ccc(Oc2ccc([C@@H](C)O)nc2)cc1. The molecule has 0 saturated carbocycles. The maximum atomic E-state index is 9.34. The van der Waals surface area contributed by atoms with E-state index in [4.69, 9.17) is 9.47 Å². The predicted octanol–water partition coefficient (Wildman–Crippen LogP) is 2.94. The average molecular weight is 245 g/mol. The van der Waals surface area contributed by atoms with Crippen LogP contribution in [0.1, 0.15) is 18.7 Å². The van der Waals surface area contributed by atoms with Crippen molar-refractivity contribution >= 4 is 0 Å². The quantitative estimate of drug-likeness (QED) is 0.899. The highest BCUT2D eigenvalue weighted by Gasteiger charge is 2.03. The number of ether oxygens (including phenoxy) is 2. The van der Waals surface area contributed by atoms with E-state index in [1.807, 2.05) is 24.3 Å². The molecule has 0 bridgehead atoms. The Hall–Kier alpha value is -2.07. The van der Waals surface area contributed by atoms with Gasteiger partial charge in [0.2, 0.25) is 0 Å². The van der Waals surface area contributed by atoms with Gasteiger partial charge in [-0.25, -0.2) is 0 Å². The molecule has 0 spiro atoms. The first-order valence-electron chi connectivity index (χ1n) is 5.65. The van der Waals surface area contributed by atoms with E-state index in [-0.39, 0.29) is 0 Å². The van der Waals surface area contributed by atoms with Gasteiger partial charge >= 0.3 is 0 Å². The van der Waals surface area contributed by atoms with Crippen LogP contribution < -0.4 is 9.47 Å². The van der Waals surface area contributed by atoms with E-state index in [1.165, 1.54) is 0 Å². The number of nitrogens with zero attached hydrogens (tertiary/aromatic N) is 1. The van der Waals surface area contributed by atoms with Crippen molar-refractivity contribution in [1.82, 2.24) is 4.98 Å². The van der Waals surface area contributed by atoms with Crippen LogP contribution in [0, 0.1) is 0 Å². The Bertz CT molecular complexity index is 491. The minimum absolute atomic E-state index is 0.569. The molecule has 0 saturated heterocycles. The van der Waals surface area contributed by atoms with Gasteiger partial charge in [0.1, 0.15) is 17.2 Å². The fraction of sp³-hybridized carbons (Fsp3) is 0.214. The lowest BCUT2D eigenvalue weighted by Gasteiger charge is -2.08. The van der Waals surface area contributed by atoms with E-state index < -0.39 is 6.10 Å². The maximum absolute atomic E-state index is 9.34. The number of hydrogen-bond donors (Lipinski definition) is 1. The number of methoxy groups -OCH3 is 1. The third-order valence-corrected chi connectivity index (χ3v) is 2.48. The molecule has 0 amide bonds. The summed E-state index contributed by atoms with van der Waals surface area (Å²) in [7, 11) is 1.62. The summed E-state index contributed by atoms with van der Waals surface area (Å²) in [5.41, 5.74) is 0.622. The highest BCUT2D eigenvalue weighted by molar-refractivity contribution is 5.34. The van der Waals surface area contributed by atoms with Crippen molar-refractivity contribution in [1.29, 1.82) is 0 Å². The molecule has 1 aromatic heterocycles. The third-order valence-electron chi connectivity index (χ3n) is 2.48. The van der Waals surface area contributed by atoms with Crippen LogP contribution in [-0.2, 0) is 0 Å². The summed E-state index contributed by atoms with van der Waals surface area (Å²) in [4.78, 5) is 4.11. The molecule has 4 nitrogen and oxygen atoms in total. The summed E-state index contributed by atoms with van der Waals surface area (Å²) in [6, 6.07) is 10.8. The smallest absolute Gasteiger partial charge is 0.145 e. The molecule has 2 aromatic rings. The second-order valence-corrected chi connectivity index (χ2v) is 3.87. The van der Waals surface area contributed by atoms with Crippen molar-refractivity contribution in [3.05, 3.63) is 48.3 Å². The van der Waals surface area contributed by atoms with Gasteiger partial charge in [-0.15, -0.1) is 0 Å². The van der Waals surface area contributed by atoms with Crippen molar-refractivity contribution in [2.75, 3.05) is 7.11 Å². The molecule has 4 heteroatoms. The molecule has 1 aromatic carbocycles. The van der Waals surface area contributed by atoms with Gasteiger partial charge in [-0.1, -0.05) is 0 Å². The molecule has 1 atom stereocenters. The van der Waals surface area contributed by atoms with E-state index >= 15 is 0 Å². The normalized spacial score (nSPS) is 11.9. The fourth-order valence-electron chi connectivity index (χ4n) is 1.48.